The van der Waals surface area contributed by atoms with Crippen LogP contribution >= 0.6 is 0 Å². The van der Waals surface area contributed by atoms with Crippen LogP contribution in [0, 0.1) is 0 Å². The minimum atomic E-state index is -4.18. The summed E-state index contributed by atoms with van der Waals surface area (Å²) in [7, 11) is 1.49. The first-order chi connectivity index (χ1) is 6.90. The molecular weight excluding hydrogens is 209 g/mol. The van der Waals surface area contributed by atoms with Crippen molar-refractivity contribution in [2.24, 2.45) is 0 Å². The lowest BCUT2D eigenvalue weighted by atomic mass is 10.4. The van der Waals surface area contributed by atoms with Crippen LogP contribution in [0.1, 0.15) is 6.42 Å². The molecule has 0 bridgehead atoms. The third-order valence-electron chi connectivity index (χ3n) is 1.80. The summed E-state index contributed by atoms with van der Waals surface area (Å²) in [6, 6.07) is 0. The fourth-order valence-electron chi connectivity index (χ4n) is 1.04. The molecular formula is C8H11F3N4. The number of hydrogen-bond donors (Lipinski definition) is 1. The quantitative estimate of drug-likeness (QED) is 0.837. The number of nitrogens with two attached hydrogens (primary N) is 1. The first-order valence-corrected chi connectivity index (χ1v) is 4.24. The molecule has 0 atom stereocenters. The number of rotatable bonds is 3. The summed E-state index contributed by atoms with van der Waals surface area (Å²) >= 11 is 0. The smallest absolute Gasteiger partial charge is 0.381 e. The molecule has 0 aliphatic rings. The molecule has 0 aliphatic heterocycles. The Morgan fingerprint density at radius 2 is 1.93 bits per heavy atom. The van der Waals surface area contributed by atoms with Gasteiger partial charge in [-0.2, -0.15) is 13.2 Å². The van der Waals surface area contributed by atoms with E-state index >= 15 is 0 Å². The molecule has 0 saturated heterocycles. The molecule has 2 N–H and O–H groups in total. The van der Waals surface area contributed by atoms with Crippen molar-refractivity contribution in [1.29, 1.82) is 0 Å². The number of hydrogen-bond acceptors (Lipinski definition) is 4. The van der Waals surface area contributed by atoms with Crippen molar-refractivity contribution in [3.63, 3.8) is 0 Å². The Hall–Kier alpha value is -1.53. The van der Waals surface area contributed by atoms with Crippen LogP contribution in [-0.4, -0.2) is 29.7 Å². The minimum absolute atomic E-state index is 0.127. The lowest BCUT2D eigenvalue weighted by Gasteiger charge is -2.19. The average Bonchev–Trinajstić information content (AvgIpc) is 2.14. The van der Waals surface area contributed by atoms with Gasteiger partial charge in [-0.15, -0.1) is 0 Å². The lowest BCUT2D eigenvalue weighted by Crippen LogP contribution is -2.25. The zero-order chi connectivity index (χ0) is 11.5. The SMILES string of the molecule is CN(CCC(F)(F)F)c1nccnc1N. The standard InChI is InChI=1S/C8H11F3N4/c1-15(5-2-8(9,10)11)7-6(12)13-3-4-14-7/h3-4H,2,5H2,1H3,(H2,12,13). The molecule has 1 heterocycles. The fourth-order valence-corrected chi connectivity index (χ4v) is 1.04. The molecule has 1 rings (SSSR count). The highest BCUT2D eigenvalue weighted by molar-refractivity contribution is 5.56. The topological polar surface area (TPSA) is 55.0 Å². The van der Waals surface area contributed by atoms with Gasteiger partial charge in [0.1, 0.15) is 0 Å². The first-order valence-electron chi connectivity index (χ1n) is 4.24. The Balaban J connectivity index is 2.62. The van der Waals surface area contributed by atoms with E-state index in [1.165, 1.54) is 24.3 Å². The predicted molar refractivity (Wildman–Crippen MR) is 50.4 cm³/mol. The molecule has 0 spiro atoms. The van der Waals surface area contributed by atoms with Gasteiger partial charge in [0.15, 0.2) is 11.6 Å². The monoisotopic (exact) mass is 220 g/mol. The average molecular weight is 220 g/mol. The van der Waals surface area contributed by atoms with Crippen LogP contribution in [0.3, 0.4) is 0 Å². The molecule has 84 valence electrons. The zero-order valence-electron chi connectivity index (χ0n) is 8.12. The number of halogens is 3. The maximum atomic E-state index is 11.9. The maximum absolute atomic E-state index is 11.9. The van der Waals surface area contributed by atoms with Crippen molar-refractivity contribution >= 4 is 11.6 Å². The Morgan fingerprint density at radius 1 is 1.33 bits per heavy atom. The van der Waals surface area contributed by atoms with E-state index in [2.05, 4.69) is 9.97 Å². The molecule has 15 heavy (non-hydrogen) atoms. The van der Waals surface area contributed by atoms with Crippen LogP contribution in [0.15, 0.2) is 12.4 Å². The van der Waals surface area contributed by atoms with Crippen molar-refractivity contribution < 1.29 is 13.2 Å². The van der Waals surface area contributed by atoms with Crippen molar-refractivity contribution in [2.45, 2.75) is 12.6 Å². The van der Waals surface area contributed by atoms with Gasteiger partial charge in [0.05, 0.1) is 6.42 Å². The van der Waals surface area contributed by atoms with Crippen LogP contribution in [0.5, 0.6) is 0 Å². The van der Waals surface area contributed by atoms with E-state index < -0.39 is 12.6 Å². The van der Waals surface area contributed by atoms with Gasteiger partial charge in [0.2, 0.25) is 0 Å². The summed E-state index contributed by atoms with van der Waals surface area (Å²) in [5, 5.41) is 0. The molecule has 4 nitrogen and oxygen atoms in total. The number of nitrogens with zero attached hydrogens (tertiary/aromatic N) is 3. The highest BCUT2D eigenvalue weighted by atomic mass is 19.4. The number of alkyl halides is 3. The van der Waals surface area contributed by atoms with Gasteiger partial charge in [-0.3, -0.25) is 0 Å². The van der Waals surface area contributed by atoms with E-state index in [1.807, 2.05) is 0 Å². The summed E-state index contributed by atoms with van der Waals surface area (Å²) in [5.74, 6) is 0.393. The van der Waals surface area contributed by atoms with E-state index in [0.717, 1.165) is 0 Å². The van der Waals surface area contributed by atoms with Gasteiger partial charge in [-0.1, -0.05) is 0 Å². The minimum Gasteiger partial charge on any atom is -0.381 e. The Bertz CT molecular complexity index is 326. The molecule has 0 unspecified atom stereocenters. The fraction of sp³-hybridized carbons (Fsp3) is 0.500. The molecule has 0 fully saturated rings. The zero-order valence-corrected chi connectivity index (χ0v) is 8.12. The molecule has 7 heteroatoms. The normalized spacial score (nSPS) is 11.5. The van der Waals surface area contributed by atoms with Gasteiger partial charge in [-0.05, 0) is 0 Å². The molecule has 0 amide bonds. The van der Waals surface area contributed by atoms with Crippen molar-refractivity contribution in [1.82, 2.24) is 9.97 Å². The summed E-state index contributed by atoms with van der Waals surface area (Å²) < 4.78 is 35.8. The van der Waals surface area contributed by atoms with Crippen LogP contribution in [0.2, 0.25) is 0 Å². The van der Waals surface area contributed by atoms with Gasteiger partial charge < -0.3 is 10.6 Å². The molecule has 1 aromatic rings. The number of nitrogen functional groups attached to an aromatic ring is 1. The van der Waals surface area contributed by atoms with Crippen molar-refractivity contribution in [3.05, 3.63) is 12.4 Å². The van der Waals surface area contributed by atoms with E-state index in [-0.39, 0.29) is 18.2 Å². The Kier molecular flexibility index (Phi) is 3.33. The third kappa shape index (κ3) is 3.61. The summed E-state index contributed by atoms with van der Waals surface area (Å²) in [6.45, 7) is -0.188. The summed E-state index contributed by atoms with van der Waals surface area (Å²) in [5.41, 5.74) is 5.46. The van der Waals surface area contributed by atoms with Crippen molar-refractivity contribution in [2.75, 3.05) is 24.2 Å². The van der Waals surface area contributed by atoms with Crippen LogP contribution in [0.4, 0.5) is 24.8 Å². The maximum Gasteiger partial charge on any atom is 0.390 e. The molecule has 0 radical (unpaired) electrons. The Morgan fingerprint density at radius 3 is 2.47 bits per heavy atom. The summed E-state index contributed by atoms with van der Waals surface area (Å²) in [4.78, 5) is 8.92. The van der Waals surface area contributed by atoms with Crippen molar-refractivity contribution in [3.8, 4) is 0 Å². The largest absolute Gasteiger partial charge is 0.390 e. The predicted octanol–water partition coefficient (Wildman–Crippen LogP) is 1.45. The Labute approximate surface area is 84.9 Å². The molecule has 0 aliphatic carbocycles. The molecule has 1 aromatic heterocycles. The lowest BCUT2D eigenvalue weighted by molar-refractivity contribution is -0.132. The van der Waals surface area contributed by atoms with E-state index in [9.17, 15) is 13.2 Å². The van der Waals surface area contributed by atoms with Gasteiger partial charge in [0, 0.05) is 26.0 Å². The van der Waals surface area contributed by atoms with E-state index in [1.54, 1.807) is 0 Å². The first kappa shape index (κ1) is 11.5. The van der Waals surface area contributed by atoms with Crippen LogP contribution in [0.25, 0.3) is 0 Å². The van der Waals surface area contributed by atoms with Crippen LogP contribution < -0.4 is 10.6 Å². The second-order valence-corrected chi connectivity index (χ2v) is 3.05. The molecule has 0 saturated carbocycles. The highest BCUT2D eigenvalue weighted by Crippen LogP contribution is 2.22. The highest BCUT2D eigenvalue weighted by Gasteiger charge is 2.27. The van der Waals surface area contributed by atoms with Gasteiger partial charge in [0.25, 0.3) is 0 Å². The summed E-state index contributed by atoms with van der Waals surface area (Å²) in [6.07, 6.45) is -2.31. The van der Waals surface area contributed by atoms with E-state index in [4.69, 9.17) is 5.73 Å². The van der Waals surface area contributed by atoms with Crippen LogP contribution in [-0.2, 0) is 0 Å². The second kappa shape index (κ2) is 4.33. The number of aromatic nitrogens is 2. The molecule has 0 aromatic carbocycles. The van der Waals surface area contributed by atoms with Gasteiger partial charge >= 0.3 is 6.18 Å². The number of anilines is 2. The van der Waals surface area contributed by atoms with Gasteiger partial charge in [-0.25, -0.2) is 9.97 Å². The van der Waals surface area contributed by atoms with E-state index in [0.29, 0.717) is 0 Å². The second-order valence-electron chi connectivity index (χ2n) is 3.05. The third-order valence-corrected chi connectivity index (χ3v) is 1.80.